The van der Waals surface area contributed by atoms with E-state index in [1.54, 1.807) is 7.05 Å². The molecule has 0 bridgehead atoms. The van der Waals surface area contributed by atoms with Gasteiger partial charge in [0.1, 0.15) is 15.5 Å². The molecule has 2 aromatic heterocycles. The van der Waals surface area contributed by atoms with Gasteiger partial charge in [-0.05, 0) is 37.1 Å². The lowest BCUT2D eigenvalue weighted by molar-refractivity contribution is -0.192. The number of methoxy groups -OCH3 is 1. The van der Waals surface area contributed by atoms with Gasteiger partial charge >= 0.3 is 5.97 Å². The SMILES string of the molecule is CO[C@@]1(NC(=O)Cc2onc(O)c2Br)C(=O)N2C(C(=O)O)=C(CSc3nnnn3C)CS[C@@H]21. The number of β-lactam (4-membered cyclic amide) rings is 1. The number of carboxylic acids is 1. The van der Waals surface area contributed by atoms with E-state index in [1.165, 1.54) is 35.3 Å². The van der Waals surface area contributed by atoms with Crippen molar-refractivity contribution in [2.45, 2.75) is 22.7 Å². The summed E-state index contributed by atoms with van der Waals surface area (Å²) >= 11 is 5.56. The number of nitrogens with one attached hydrogen (secondary N) is 1. The summed E-state index contributed by atoms with van der Waals surface area (Å²) in [6.07, 6.45) is -0.334. The Balaban J connectivity index is 1.53. The smallest absolute Gasteiger partial charge is 0.352 e. The van der Waals surface area contributed by atoms with Crippen molar-refractivity contribution < 1.29 is 33.9 Å². The number of rotatable bonds is 8. The fourth-order valence-corrected chi connectivity index (χ4v) is 6.07. The molecule has 17 heteroatoms. The molecule has 4 rings (SSSR count). The van der Waals surface area contributed by atoms with Crippen molar-refractivity contribution in [3.8, 4) is 5.88 Å². The fourth-order valence-electron chi connectivity index (χ4n) is 3.36. The minimum Gasteiger partial charge on any atom is -0.490 e. The van der Waals surface area contributed by atoms with Gasteiger partial charge in [-0.3, -0.25) is 14.5 Å². The summed E-state index contributed by atoms with van der Waals surface area (Å²) in [5.41, 5.74) is -1.39. The highest BCUT2D eigenvalue weighted by molar-refractivity contribution is 9.10. The second-order valence-electron chi connectivity index (χ2n) is 6.88. The van der Waals surface area contributed by atoms with Gasteiger partial charge in [0.25, 0.3) is 17.5 Å². The Labute approximate surface area is 202 Å². The maximum atomic E-state index is 13.1. The molecule has 2 aliphatic rings. The highest BCUT2D eigenvalue weighted by Crippen LogP contribution is 2.47. The summed E-state index contributed by atoms with van der Waals surface area (Å²) in [4.78, 5) is 38.8. The van der Waals surface area contributed by atoms with E-state index in [0.29, 0.717) is 10.7 Å². The van der Waals surface area contributed by atoms with Crippen molar-refractivity contribution in [2.24, 2.45) is 7.05 Å². The summed E-state index contributed by atoms with van der Waals surface area (Å²) in [5, 5.41) is 36.0. The van der Waals surface area contributed by atoms with Crippen molar-refractivity contribution in [2.75, 3.05) is 18.6 Å². The molecule has 176 valence electrons. The predicted octanol–water partition coefficient (Wildman–Crippen LogP) is -0.286. The van der Waals surface area contributed by atoms with E-state index in [1.807, 2.05) is 0 Å². The minimum atomic E-state index is -1.75. The second-order valence-corrected chi connectivity index (χ2v) is 9.68. The number of thioether (sulfide) groups is 2. The van der Waals surface area contributed by atoms with Crippen LogP contribution in [0.1, 0.15) is 5.76 Å². The lowest BCUT2D eigenvalue weighted by atomic mass is 9.98. The molecule has 2 atom stereocenters. The molecule has 2 amide bonds. The Hall–Kier alpha value is -2.63. The van der Waals surface area contributed by atoms with Crippen LogP contribution in [0.3, 0.4) is 0 Å². The first-order chi connectivity index (χ1) is 15.7. The van der Waals surface area contributed by atoms with Gasteiger partial charge in [0.05, 0.1) is 6.42 Å². The summed E-state index contributed by atoms with van der Waals surface area (Å²) in [6.45, 7) is 0. The van der Waals surface area contributed by atoms with E-state index >= 15 is 0 Å². The number of carbonyl (C=O) groups excluding carboxylic acids is 2. The molecule has 2 aliphatic heterocycles. The molecule has 0 unspecified atom stereocenters. The molecule has 1 fully saturated rings. The van der Waals surface area contributed by atoms with Gasteiger partial charge in [-0.2, -0.15) is 0 Å². The maximum absolute atomic E-state index is 13.1. The van der Waals surface area contributed by atoms with Crippen LogP contribution in [0.25, 0.3) is 0 Å². The lowest BCUT2D eigenvalue weighted by Gasteiger charge is -2.55. The number of ether oxygens (including phenoxy) is 1. The molecule has 1 saturated heterocycles. The third-order valence-electron chi connectivity index (χ3n) is 4.92. The molecule has 0 saturated carbocycles. The van der Waals surface area contributed by atoms with Crippen LogP contribution in [0, 0.1) is 0 Å². The average molecular weight is 562 g/mol. The van der Waals surface area contributed by atoms with E-state index in [0.717, 1.165) is 4.90 Å². The number of hydrogen-bond donors (Lipinski definition) is 3. The standard InChI is InChI=1S/C16H16BrN7O7S2/c1-23-15(19-21-22-23)33-5-6-4-32-14-16(30-2,13(29)24(14)10(6)12(27)28)18-8(25)3-7-9(17)11(26)20-31-7/h14H,3-5H2,1-2H3,(H,18,25)(H,20,26)(H,27,28)/t14-,16+/m1/s1. The Morgan fingerprint density at radius 3 is 2.82 bits per heavy atom. The number of hydrogen-bond acceptors (Lipinski definition) is 12. The van der Waals surface area contributed by atoms with E-state index in [-0.39, 0.29) is 33.9 Å². The zero-order chi connectivity index (χ0) is 23.9. The fraction of sp³-hybridized carbons (Fsp3) is 0.438. The van der Waals surface area contributed by atoms with Crippen LogP contribution in [0.2, 0.25) is 0 Å². The van der Waals surface area contributed by atoms with Crippen LogP contribution < -0.4 is 5.32 Å². The summed E-state index contributed by atoms with van der Waals surface area (Å²) < 4.78 is 11.8. The van der Waals surface area contributed by atoms with Gasteiger partial charge in [-0.15, -0.1) is 16.9 Å². The molecule has 0 radical (unpaired) electrons. The van der Waals surface area contributed by atoms with Crippen molar-refractivity contribution in [1.82, 2.24) is 35.6 Å². The highest BCUT2D eigenvalue weighted by atomic mass is 79.9. The predicted molar refractivity (Wildman–Crippen MR) is 115 cm³/mol. The van der Waals surface area contributed by atoms with Crippen LogP contribution in [0.4, 0.5) is 0 Å². The largest absolute Gasteiger partial charge is 0.490 e. The average Bonchev–Trinajstić information content (AvgIpc) is 3.34. The summed E-state index contributed by atoms with van der Waals surface area (Å²) in [7, 11) is 2.91. The first-order valence-electron chi connectivity index (χ1n) is 9.14. The number of nitrogens with zero attached hydrogens (tertiary/aromatic N) is 6. The number of carbonyl (C=O) groups is 3. The molecule has 0 spiro atoms. The van der Waals surface area contributed by atoms with Gasteiger partial charge < -0.3 is 24.8 Å². The van der Waals surface area contributed by atoms with E-state index < -0.39 is 34.8 Å². The Morgan fingerprint density at radius 2 is 2.24 bits per heavy atom. The Morgan fingerprint density at radius 1 is 1.48 bits per heavy atom. The molecule has 0 aliphatic carbocycles. The number of aryl methyl sites for hydroxylation is 1. The van der Waals surface area contributed by atoms with Gasteiger partial charge in [0.15, 0.2) is 5.76 Å². The topological polar surface area (TPSA) is 186 Å². The third kappa shape index (κ3) is 3.98. The van der Waals surface area contributed by atoms with Crippen molar-refractivity contribution >= 4 is 57.2 Å². The van der Waals surface area contributed by atoms with Gasteiger partial charge in [-0.1, -0.05) is 11.8 Å². The third-order valence-corrected chi connectivity index (χ3v) is 8.19. The monoisotopic (exact) mass is 561 g/mol. The molecule has 33 heavy (non-hydrogen) atoms. The number of tetrazole rings is 1. The Bertz CT molecular complexity index is 1170. The van der Waals surface area contributed by atoms with E-state index in [9.17, 15) is 24.6 Å². The Kier molecular flexibility index (Phi) is 6.39. The molecule has 14 nitrogen and oxygen atoms in total. The molecule has 4 heterocycles. The minimum absolute atomic E-state index is 0.0554. The highest BCUT2D eigenvalue weighted by Gasteiger charge is 2.66. The number of aromatic nitrogens is 5. The van der Waals surface area contributed by atoms with Gasteiger partial charge in [0.2, 0.25) is 11.1 Å². The molecule has 0 aromatic carbocycles. The second kappa shape index (κ2) is 8.96. The molecule has 3 N–H and O–H groups in total. The normalized spacial score (nSPS) is 22.2. The van der Waals surface area contributed by atoms with E-state index in [2.05, 4.69) is 41.9 Å². The number of carboxylic acid groups (broad SMARTS) is 1. The number of halogens is 1. The molecule has 2 aromatic rings. The van der Waals surface area contributed by atoms with E-state index in [4.69, 9.17) is 9.26 Å². The first-order valence-corrected chi connectivity index (χ1v) is 12.0. The lowest BCUT2D eigenvalue weighted by Crippen LogP contribution is -2.80. The number of fused-ring (bicyclic) bond motifs is 1. The molecular formula is C16H16BrN7O7S2. The first kappa shape index (κ1) is 23.5. The van der Waals surface area contributed by atoms with Crippen LogP contribution in [0.15, 0.2) is 25.4 Å². The van der Waals surface area contributed by atoms with Crippen LogP contribution in [-0.4, -0.2) is 88.0 Å². The van der Waals surface area contributed by atoms with Gasteiger partial charge in [-0.25, -0.2) is 9.48 Å². The van der Waals surface area contributed by atoms with Crippen molar-refractivity contribution in [1.29, 1.82) is 0 Å². The van der Waals surface area contributed by atoms with Crippen molar-refractivity contribution in [3.05, 3.63) is 21.5 Å². The van der Waals surface area contributed by atoms with Gasteiger partial charge in [0, 0.05) is 25.7 Å². The summed E-state index contributed by atoms with van der Waals surface area (Å²) in [6, 6.07) is 0. The van der Waals surface area contributed by atoms with Crippen molar-refractivity contribution in [3.63, 3.8) is 0 Å². The zero-order valence-electron chi connectivity index (χ0n) is 17.0. The number of aliphatic carboxylic acids is 1. The summed E-state index contributed by atoms with van der Waals surface area (Å²) in [5.74, 6) is -2.43. The number of aromatic hydroxyl groups is 1. The maximum Gasteiger partial charge on any atom is 0.352 e. The molecular weight excluding hydrogens is 546 g/mol. The van der Waals surface area contributed by atoms with Crippen LogP contribution in [-0.2, 0) is 32.6 Å². The quantitative estimate of drug-likeness (QED) is 0.217. The van der Waals surface area contributed by atoms with Crippen LogP contribution >= 0.6 is 39.5 Å². The van der Waals surface area contributed by atoms with Crippen LogP contribution in [0.5, 0.6) is 5.88 Å². The number of amides is 2. The zero-order valence-corrected chi connectivity index (χ0v) is 20.2.